The van der Waals surface area contributed by atoms with Gasteiger partial charge in [0.25, 0.3) is 5.91 Å². The number of carbonyl (C=O) groups is 2. The van der Waals surface area contributed by atoms with E-state index in [-0.39, 0.29) is 29.4 Å². The van der Waals surface area contributed by atoms with E-state index < -0.39 is 12.0 Å². The molecular weight excluding hydrogens is 657 g/mol. The lowest BCUT2D eigenvalue weighted by atomic mass is 10.2. The molecule has 2 aromatic heterocycles. The summed E-state index contributed by atoms with van der Waals surface area (Å²) in [7, 11) is 0. The van der Waals surface area contributed by atoms with Gasteiger partial charge in [-0.2, -0.15) is 5.10 Å². The van der Waals surface area contributed by atoms with E-state index in [2.05, 4.69) is 63.2 Å². The Bertz CT molecular complexity index is 1180. The third-order valence-electron chi connectivity index (χ3n) is 4.16. The van der Waals surface area contributed by atoms with Crippen LogP contribution in [0.2, 0.25) is 5.02 Å². The van der Waals surface area contributed by atoms with Gasteiger partial charge in [-0.15, -0.1) is 11.6 Å². The van der Waals surface area contributed by atoms with Crippen LogP contribution in [0.3, 0.4) is 0 Å². The molecule has 0 saturated heterocycles. The molecule has 0 atom stereocenters. The fourth-order valence-corrected chi connectivity index (χ4v) is 4.82. The highest BCUT2D eigenvalue weighted by Crippen LogP contribution is 2.38. The second kappa shape index (κ2) is 11.0. The van der Waals surface area contributed by atoms with Crippen LogP contribution in [0.25, 0.3) is 5.82 Å². The van der Waals surface area contributed by atoms with Crippen molar-refractivity contribution in [2.24, 2.45) is 0 Å². The zero-order chi connectivity index (χ0) is 23.4. The molecule has 1 aromatic carbocycles. The molecule has 0 bridgehead atoms. The number of carboxylic acid groups (broad SMARTS) is 1. The fourth-order valence-electron chi connectivity index (χ4n) is 2.82. The molecule has 168 valence electrons. The Morgan fingerprint density at radius 1 is 1.22 bits per heavy atom. The molecule has 0 radical (unpaired) electrons. The van der Waals surface area contributed by atoms with Gasteiger partial charge in [0.05, 0.1) is 16.4 Å². The molecule has 8 nitrogen and oxygen atoms in total. The Hall–Kier alpha value is -1.66. The molecule has 32 heavy (non-hydrogen) atoms. The summed E-state index contributed by atoms with van der Waals surface area (Å²) in [5.74, 6) is 0.0184. The highest BCUT2D eigenvalue weighted by Gasteiger charge is 2.24. The number of aromatic nitrogens is 3. The summed E-state index contributed by atoms with van der Waals surface area (Å²) in [5, 5.41) is 17.1. The summed E-state index contributed by atoms with van der Waals surface area (Å²) in [4.78, 5) is 30.5. The zero-order valence-corrected chi connectivity index (χ0v) is 22.3. The Kier molecular flexibility index (Phi) is 8.56. The Morgan fingerprint density at radius 2 is 1.97 bits per heavy atom. The average molecular weight is 671 g/mol. The molecule has 13 heteroatoms. The number of nitrogens with one attached hydrogen (secondary N) is 1. The smallest absolute Gasteiger partial charge is 0.411 e. The normalized spacial score (nSPS) is 10.8. The molecule has 0 aliphatic carbocycles. The Morgan fingerprint density at radius 3 is 2.62 bits per heavy atom. The van der Waals surface area contributed by atoms with Crippen molar-refractivity contribution < 1.29 is 14.7 Å². The molecule has 3 rings (SSSR count). The van der Waals surface area contributed by atoms with Gasteiger partial charge in [0.2, 0.25) is 0 Å². The maximum atomic E-state index is 13.2. The van der Waals surface area contributed by atoms with Gasteiger partial charge in [0, 0.05) is 33.6 Å². The van der Waals surface area contributed by atoms with Crippen molar-refractivity contribution in [1.82, 2.24) is 14.8 Å². The van der Waals surface area contributed by atoms with Crippen molar-refractivity contribution in [3.63, 3.8) is 0 Å². The lowest BCUT2D eigenvalue weighted by Crippen LogP contribution is -2.32. The van der Waals surface area contributed by atoms with Crippen LogP contribution in [-0.2, 0) is 0 Å². The molecular formula is C19H14Br3Cl2N5O3. The number of amides is 2. The number of alkyl halides is 1. The van der Waals surface area contributed by atoms with Gasteiger partial charge in [-0.3, -0.25) is 9.69 Å². The third kappa shape index (κ3) is 5.63. The van der Waals surface area contributed by atoms with E-state index in [1.54, 1.807) is 24.3 Å². The van der Waals surface area contributed by atoms with Crippen molar-refractivity contribution in [1.29, 1.82) is 0 Å². The summed E-state index contributed by atoms with van der Waals surface area (Å²) in [5.41, 5.74) is 0.685. The number of benzene rings is 1. The average Bonchev–Trinajstić information content (AvgIpc) is 3.12. The molecule has 2 heterocycles. The van der Waals surface area contributed by atoms with Crippen LogP contribution in [0.15, 0.2) is 50.1 Å². The summed E-state index contributed by atoms with van der Waals surface area (Å²) in [6.45, 7) is 0.150. The number of hydrogen-bond donors (Lipinski definition) is 2. The van der Waals surface area contributed by atoms with Crippen LogP contribution >= 0.6 is 71.0 Å². The van der Waals surface area contributed by atoms with Gasteiger partial charge >= 0.3 is 6.09 Å². The minimum atomic E-state index is -1.18. The van der Waals surface area contributed by atoms with E-state index in [0.29, 0.717) is 30.9 Å². The van der Waals surface area contributed by atoms with Gasteiger partial charge in [0.1, 0.15) is 10.3 Å². The van der Waals surface area contributed by atoms with E-state index in [4.69, 9.17) is 23.2 Å². The second-order valence-electron chi connectivity index (χ2n) is 6.29. The van der Waals surface area contributed by atoms with E-state index in [1.807, 2.05) is 0 Å². The molecule has 3 aromatic rings. The first kappa shape index (κ1) is 25.0. The SMILES string of the molecule is O=C(Nc1c(Br)cc(Br)cc1N(CCCCl)C(=O)O)c1cc(Br)nn1-c1ncccc1Cl. The molecule has 0 aliphatic heterocycles. The number of pyridine rings is 1. The minimum absolute atomic E-state index is 0.140. The topological polar surface area (TPSA) is 100 Å². The van der Waals surface area contributed by atoms with Crippen molar-refractivity contribution in [3.8, 4) is 5.82 Å². The number of carbonyl (C=O) groups excluding carboxylic acids is 1. The monoisotopic (exact) mass is 667 g/mol. The number of rotatable bonds is 7. The number of hydrogen-bond acceptors (Lipinski definition) is 4. The van der Waals surface area contributed by atoms with Crippen molar-refractivity contribution in [2.45, 2.75) is 6.42 Å². The van der Waals surface area contributed by atoms with Gasteiger partial charge in [0.15, 0.2) is 5.82 Å². The Balaban J connectivity index is 2.04. The van der Waals surface area contributed by atoms with Gasteiger partial charge in [-0.1, -0.05) is 27.5 Å². The van der Waals surface area contributed by atoms with Crippen LogP contribution < -0.4 is 10.2 Å². The third-order valence-corrected chi connectivity index (χ3v) is 6.19. The lowest BCUT2D eigenvalue weighted by molar-refractivity contribution is 0.101. The largest absolute Gasteiger partial charge is 0.465 e. The molecule has 0 spiro atoms. The predicted molar refractivity (Wildman–Crippen MR) is 135 cm³/mol. The predicted octanol–water partition coefficient (Wildman–Crippen LogP) is 6.57. The molecule has 0 aliphatic rings. The number of anilines is 2. The van der Waals surface area contributed by atoms with Gasteiger partial charge in [-0.05, 0) is 62.5 Å². The van der Waals surface area contributed by atoms with Crippen LogP contribution in [0, 0.1) is 0 Å². The summed E-state index contributed by atoms with van der Waals surface area (Å²) >= 11 is 22.0. The summed E-state index contributed by atoms with van der Waals surface area (Å²) in [6, 6.07) is 8.10. The summed E-state index contributed by atoms with van der Waals surface area (Å²) < 4.78 is 2.81. The maximum absolute atomic E-state index is 13.2. The highest BCUT2D eigenvalue weighted by atomic mass is 79.9. The fraction of sp³-hybridized carbons (Fsp3) is 0.158. The molecule has 2 amide bonds. The molecule has 0 saturated carbocycles. The molecule has 0 unspecified atom stereocenters. The first-order valence-corrected chi connectivity index (χ1v) is 12.2. The van der Waals surface area contributed by atoms with Crippen LogP contribution in [-0.4, -0.2) is 44.3 Å². The lowest BCUT2D eigenvalue weighted by Gasteiger charge is -2.23. The zero-order valence-electron chi connectivity index (χ0n) is 16.0. The van der Waals surface area contributed by atoms with Crippen LogP contribution in [0.4, 0.5) is 16.2 Å². The number of nitrogens with zero attached hydrogens (tertiary/aromatic N) is 4. The van der Waals surface area contributed by atoms with Crippen molar-refractivity contribution >= 4 is 94.4 Å². The second-order valence-corrected chi connectivity index (χ2v) is 9.65. The van der Waals surface area contributed by atoms with Gasteiger partial charge < -0.3 is 10.4 Å². The number of halogens is 5. The van der Waals surface area contributed by atoms with Crippen molar-refractivity contribution in [2.75, 3.05) is 22.6 Å². The van der Waals surface area contributed by atoms with Crippen molar-refractivity contribution in [3.05, 3.63) is 60.8 Å². The Labute approximate surface area is 218 Å². The van der Waals surface area contributed by atoms with Crippen LogP contribution in [0.1, 0.15) is 16.9 Å². The van der Waals surface area contributed by atoms with E-state index in [9.17, 15) is 14.7 Å². The van der Waals surface area contributed by atoms with Gasteiger partial charge in [-0.25, -0.2) is 14.5 Å². The standard InChI is InChI=1S/C19H14Br3Cl2N5O3/c20-10-7-11(21)16(13(8-10)28(19(31)32)6-2-4-23)26-18(30)14-9-15(22)27-29(14)17-12(24)3-1-5-25-17/h1,3,5,7-9H,2,4,6H2,(H,26,30)(H,31,32). The first-order chi connectivity index (χ1) is 15.2. The molecule has 0 fully saturated rings. The maximum Gasteiger partial charge on any atom is 0.411 e. The summed E-state index contributed by atoms with van der Waals surface area (Å²) in [6.07, 6.45) is 0.788. The van der Waals surface area contributed by atoms with E-state index >= 15 is 0 Å². The van der Waals surface area contributed by atoms with Crippen LogP contribution in [0.5, 0.6) is 0 Å². The minimum Gasteiger partial charge on any atom is -0.465 e. The molecule has 2 N–H and O–H groups in total. The highest BCUT2D eigenvalue weighted by molar-refractivity contribution is 9.11. The van der Waals surface area contributed by atoms with E-state index in [1.165, 1.54) is 16.9 Å². The first-order valence-electron chi connectivity index (χ1n) is 8.96. The quantitative estimate of drug-likeness (QED) is 0.277. The van der Waals surface area contributed by atoms with E-state index in [0.717, 1.165) is 4.90 Å².